The molecule has 1 aliphatic heterocycles. The van der Waals surface area contributed by atoms with E-state index in [4.69, 9.17) is 0 Å². The number of carbonyl (C=O) groups is 1. The number of nitrogens with one attached hydrogen (secondary N) is 1. The first kappa shape index (κ1) is 15.6. The minimum absolute atomic E-state index is 0.135. The van der Waals surface area contributed by atoms with E-state index < -0.39 is 0 Å². The van der Waals surface area contributed by atoms with Gasteiger partial charge >= 0.3 is 0 Å². The van der Waals surface area contributed by atoms with E-state index in [0.717, 1.165) is 13.0 Å². The Hall–Kier alpha value is -2.28. The summed E-state index contributed by atoms with van der Waals surface area (Å²) in [6.07, 6.45) is 6.63. The lowest BCUT2D eigenvalue weighted by molar-refractivity contribution is 0.0943. The molecule has 0 aromatic carbocycles. The quantitative estimate of drug-likeness (QED) is 0.895. The summed E-state index contributed by atoms with van der Waals surface area (Å²) in [5.41, 5.74) is 0.414. The fourth-order valence-corrected chi connectivity index (χ4v) is 3.00. The molecule has 122 valence electrons. The summed E-state index contributed by atoms with van der Waals surface area (Å²) in [6, 6.07) is 5.35. The molecule has 2 aromatic rings. The molecule has 1 N–H and O–H groups in total. The molecule has 3 rings (SSSR count). The van der Waals surface area contributed by atoms with Crippen LogP contribution < -0.4 is 5.32 Å². The second kappa shape index (κ2) is 7.32. The second-order valence-corrected chi connectivity index (χ2v) is 6.07. The van der Waals surface area contributed by atoms with Gasteiger partial charge in [-0.1, -0.05) is 6.07 Å². The predicted molar refractivity (Wildman–Crippen MR) is 86.3 cm³/mol. The molecule has 7 heteroatoms. The van der Waals surface area contributed by atoms with Crippen molar-refractivity contribution in [1.82, 2.24) is 30.0 Å². The van der Waals surface area contributed by atoms with Crippen LogP contribution in [0.2, 0.25) is 0 Å². The van der Waals surface area contributed by atoms with Crippen molar-refractivity contribution in [2.75, 3.05) is 26.7 Å². The summed E-state index contributed by atoms with van der Waals surface area (Å²) in [5.74, 6) is 1.17. The molecule has 0 saturated carbocycles. The van der Waals surface area contributed by atoms with Crippen molar-refractivity contribution < 1.29 is 4.79 Å². The Labute approximate surface area is 135 Å². The summed E-state index contributed by atoms with van der Waals surface area (Å²) < 4.78 is 1.68. The van der Waals surface area contributed by atoms with Gasteiger partial charge in [0.05, 0.1) is 0 Å². The lowest BCUT2D eigenvalue weighted by Crippen LogP contribution is -2.34. The monoisotopic (exact) mass is 314 g/mol. The highest BCUT2D eigenvalue weighted by Gasteiger charge is 2.17. The minimum Gasteiger partial charge on any atom is -0.351 e. The molecule has 23 heavy (non-hydrogen) atoms. The number of aromatic nitrogens is 4. The summed E-state index contributed by atoms with van der Waals surface area (Å²) >= 11 is 0. The van der Waals surface area contributed by atoms with E-state index in [1.165, 1.54) is 19.4 Å². The van der Waals surface area contributed by atoms with Crippen LogP contribution in [0.5, 0.6) is 0 Å². The van der Waals surface area contributed by atoms with Crippen molar-refractivity contribution in [3.05, 3.63) is 36.5 Å². The molecule has 0 bridgehead atoms. The first-order valence-corrected chi connectivity index (χ1v) is 8.01. The number of piperidine rings is 1. The van der Waals surface area contributed by atoms with E-state index >= 15 is 0 Å². The Morgan fingerprint density at radius 2 is 2.17 bits per heavy atom. The van der Waals surface area contributed by atoms with Gasteiger partial charge in [0.15, 0.2) is 0 Å². The van der Waals surface area contributed by atoms with Crippen molar-refractivity contribution in [3.63, 3.8) is 0 Å². The number of carbonyl (C=O) groups excluding carboxylic acids is 1. The molecule has 2 aromatic heterocycles. The molecule has 1 aliphatic rings. The SMILES string of the molecule is CN1CCC[C@@H](CCNC(=O)c2cccc(-n3cnnc3)n2)C1. The van der Waals surface area contributed by atoms with Gasteiger partial charge in [-0.3, -0.25) is 9.36 Å². The van der Waals surface area contributed by atoms with Gasteiger partial charge in [-0.25, -0.2) is 4.98 Å². The largest absolute Gasteiger partial charge is 0.351 e. The second-order valence-electron chi connectivity index (χ2n) is 6.07. The van der Waals surface area contributed by atoms with Gasteiger partial charge in [0.1, 0.15) is 24.2 Å². The van der Waals surface area contributed by atoms with Crippen LogP contribution in [0.4, 0.5) is 0 Å². The Kier molecular flexibility index (Phi) is 4.97. The van der Waals surface area contributed by atoms with E-state index in [1.54, 1.807) is 23.3 Å². The number of nitrogens with zero attached hydrogens (tertiary/aromatic N) is 5. The maximum Gasteiger partial charge on any atom is 0.269 e. The van der Waals surface area contributed by atoms with Crippen LogP contribution in [-0.4, -0.2) is 57.2 Å². The van der Waals surface area contributed by atoms with Crippen LogP contribution in [-0.2, 0) is 0 Å². The van der Waals surface area contributed by atoms with Gasteiger partial charge < -0.3 is 10.2 Å². The van der Waals surface area contributed by atoms with E-state index in [-0.39, 0.29) is 5.91 Å². The third-order valence-electron chi connectivity index (χ3n) is 4.21. The van der Waals surface area contributed by atoms with Crippen molar-refractivity contribution in [2.24, 2.45) is 5.92 Å². The van der Waals surface area contributed by atoms with Gasteiger partial charge in [-0.05, 0) is 50.9 Å². The average molecular weight is 314 g/mol. The third kappa shape index (κ3) is 4.13. The Morgan fingerprint density at radius 1 is 1.35 bits per heavy atom. The molecule has 1 fully saturated rings. The lowest BCUT2D eigenvalue weighted by Gasteiger charge is -2.29. The minimum atomic E-state index is -0.135. The smallest absolute Gasteiger partial charge is 0.269 e. The topological polar surface area (TPSA) is 75.9 Å². The Bertz CT molecular complexity index is 642. The van der Waals surface area contributed by atoms with Crippen LogP contribution in [0, 0.1) is 5.92 Å². The van der Waals surface area contributed by atoms with Crippen molar-refractivity contribution in [1.29, 1.82) is 0 Å². The highest BCUT2D eigenvalue weighted by molar-refractivity contribution is 5.92. The van der Waals surface area contributed by atoms with Crippen LogP contribution in [0.3, 0.4) is 0 Å². The fourth-order valence-electron chi connectivity index (χ4n) is 3.00. The summed E-state index contributed by atoms with van der Waals surface area (Å²) in [6.45, 7) is 3.00. The number of amides is 1. The van der Waals surface area contributed by atoms with Crippen molar-refractivity contribution in [3.8, 4) is 5.82 Å². The lowest BCUT2D eigenvalue weighted by atomic mass is 9.95. The first-order valence-electron chi connectivity index (χ1n) is 8.01. The number of rotatable bonds is 5. The molecule has 1 amide bonds. The van der Waals surface area contributed by atoms with Crippen molar-refractivity contribution >= 4 is 5.91 Å². The third-order valence-corrected chi connectivity index (χ3v) is 4.21. The Morgan fingerprint density at radius 3 is 2.96 bits per heavy atom. The summed E-state index contributed by atoms with van der Waals surface area (Å²) in [7, 11) is 2.16. The van der Waals surface area contributed by atoms with Gasteiger partial charge in [-0.2, -0.15) is 0 Å². The normalized spacial score (nSPS) is 18.7. The van der Waals surface area contributed by atoms with Gasteiger partial charge in [0.2, 0.25) is 0 Å². The molecular weight excluding hydrogens is 292 g/mol. The summed E-state index contributed by atoms with van der Waals surface area (Å²) in [4.78, 5) is 19.0. The van der Waals surface area contributed by atoms with Crippen LogP contribution in [0.15, 0.2) is 30.9 Å². The molecular formula is C16H22N6O. The molecule has 0 spiro atoms. The van der Waals surface area contributed by atoms with Crippen molar-refractivity contribution in [2.45, 2.75) is 19.3 Å². The highest BCUT2D eigenvalue weighted by atomic mass is 16.1. The van der Waals surface area contributed by atoms with E-state index in [1.807, 2.05) is 12.1 Å². The number of hydrogen-bond acceptors (Lipinski definition) is 5. The zero-order chi connectivity index (χ0) is 16.1. The molecule has 7 nitrogen and oxygen atoms in total. The first-order chi connectivity index (χ1) is 11.2. The van der Waals surface area contributed by atoms with E-state index in [2.05, 4.69) is 32.4 Å². The zero-order valence-corrected chi connectivity index (χ0v) is 13.4. The molecule has 1 atom stereocenters. The predicted octanol–water partition coefficient (Wildman–Crippen LogP) is 1.12. The number of hydrogen-bond donors (Lipinski definition) is 1. The molecule has 1 saturated heterocycles. The van der Waals surface area contributed by atoms with Gasteiger partial charge in [0, 0.05) is 13.1 Å². The maximum absolute atomic E-state index is 12.2. The van der Waals surface area contributed by atoms with E-state index in [9.17, 15) is 4.79 Å². The zero-order valence-electron chi connectivity index (χ0n) is 13.4. The van der Waals surface area contributed by atoms with Crippen LogP contribution >= 0.6 is 0 Å². The standard InChI is InChI=1S/C16H22N6O/c1-21-9-3-4-13(10-21)7-8-17-16(23)14-5-2-6-15(20-14)22-11-18-19-12-22/h2,5-6,11-13H,3-4,7-10H2,1H3,(H,17,23)/t13-/m0/s1. The van der Waals surface area contributed by atoms with Crippen LogP contribution in [0.25, 0.3) is 5.82 Å². The maximum atomic E-state index is 12.2. The van der Waals surface area contributed by atoms with Gasteiger partial charge in [0.25, 0.3) is 5.91 Å². The molecule has 3 heterocycles. The highest BCUT2D eigenvalue weighted by Crippen LogP contribution is 2.17. The van der Waals surface area contributed by atoms with E-state index in [0.29, 0.717) is 24.0 Å². The summed E-state index contributed by atoms with van der Waals surface area (Å²) in [5, 5.41) is 10.5. The Balaban J connectivity index is 1.53. The molecule has 0 radical (unpaired) electrons. The average Bonchev–Trinajstić information content (AvgIpc) is 3.09. The molecule has 0 aliphatic carbocycles. The number of pyridine rings is 1. The number of likely N-dealkylation sites (tertiary alicyclic amines) is 1. The van der Waals surface area contributed by atoms with Gasteiger partial charge in [-0.15, -0.1) is 10.2 Å². The molecule has 0 unspecified atom stereocenters. The van der Waals surface area contributed by atoms with Crippen LogP contribution in [0.1, 0.15) is 29.8 Å². The fraction of sp³-hybridized carbons (Fsp3) is 0.500.